The number of rotatable bonds is 3. The molecule has 0 heterocycles. The quantitative estimate of drug-likeness (QED) is 0.607. The molecule has 0 fully saturated rings. The predicted molar refractivity (Wildman–Crippen MR) is 66.0 cm³/mol. The number of phenolic OH excluding ortho intramolecular Hbond substituents is 1. The molecular weight excluding hydrogens is 200 g/mol. The third-order valence-electron chi connectivity index (χ3n) is 2.22. The Morgan fingerprint density at radius 2 is 1.81 bits per heavy atom. The van der Waals surface area contributed by atoms with Crippen LogP contribution in [-0.2, 0) is 0 Å². The van der Waals surface area contributed by atoms with Gasteiger partial charge in [-0.1, -0.05) is 36.4 Å². The van der Waals surface area contributed by atoms with E-state index in [9.17, 15) is 5.11 Å². The van der Waals surface area contributed by atoms with Crippen molar-refractivity contribution in [2.75, 3.05) is 0 Å². The second-order valence-corrected chi connectivity index (χ2v) is 3.42. The molecule has 0 saturated heterocycles. The smallest absolute Gasteiger partial charge is 0.124 e. The van der Waals surface area contributed by atoms with Gasteiger partial charge in [-0.3, -0.25) is 0 Å². The lowest BCUT2D eigenvalue weighted by Crippen LogP contribution is -1.88. The average Bonchev–Trinajstić information content (AvgIpc) is 2.79. The first-order valence-electron chi connectivity index (χ1n) is 5.06. The van der Waals surface area contributed by atoms with Gasteiger partial charge in [0.1, 0.15) is 5.75 Å². The Labute approximate surface area is 94.2 Å². The molecule has 0 saturated carbocycles. The highest BCUT2D eigenvalue weighted by Gasteiger charge is 1.97. The Morgan fingerprint density at radius 1 is 1.06 bits per heavy atom. The summed E-state index contributed by atoms with van der Waals surface area (Å²) in [5.41, 5.74) is 0.664. The number of para-hydroxylation sites is 1. The highest BCUT2D eigenvalue weighted by Crippen LogP contribution is 2.12. The Balaban J connectivity index is 1.97. The molecule has 1 aliphatic rings. The second kappa shape index (κ2) is 5.07. The van der Waals surface area contributed by atoms with Crippen LogP contribution in [0.25, 0.3) is 0 Å². The fraction of sp³-hybridized carbons (Fsp3) is 0.0769. The average molecular weight is 212 g/mol. The minimum Gasteiger partial charge on any atom is -0.507 e. The molecule has 0 bridgehead atoms. The van der Waals surface area contributed by atoms with Gasteiger partial charge in [0.05, 0.1) is 6.21 Å². The normalized spacial score (nSPS) is 15.8. The van der Waals surface area contributed by atoms with Crippen LogP contribution in [-0.4, -0.2) is 17.5 Å². The maximum absolute atomic E-state index is 9.46. The molecule has 2 rings (SSSR count). The Bertz CT molecular complexity index is 461. The fourth-order valence-corrected chi connectivity index (χ4v) is 1.36. The van der Waals surface area contributed by atoms with E-state index in [1.165, 1.54) is 6.21 Å². The number of allylic oxidation sites excluding steroid dienone is 4. The van der Waals surface area contributed by atoms with E-state index < -0.39 is 0 Å². The van der Waals surface area contributed by atoms with E-state index in [0.29, 0.717) is 5.56 Å². The second-order valence-electron chi connectivity index (χ2n) is 3.42. The standard InChI is InChI=1S/C13H12N2O/c16-13-8-4-3-7-12(13)10-15-14-9-11-5-1-2-6-11/h1-11,16H/b14-9+,15-10+. The lowest BCUT2D eigenvalue weighted by Gasteiger charge is -1.95. The van der Waals surface area contributed by atoms with Crippen molar-refractivity contribution in [3.63, 3.8) is 0 Å². The zero-order valence-corrected chi connectivity index (χ0v) is 8.69. The van der Waals surface area contributed by atoms with Crippen molar-refractivity contribution in [1.29, 1.82) is 0 Å². The van der Waals surface area contributed by atoms with Gasteiger partial charge >= 0.3 is 0 Å². The molecule has 0 atom stereocenters. The summed E-state index contributed by atoms with van der Waals surface area (Å²) in [5.74, 6) is 0.448. The van der Waals surface area contributed by atoms with Crippen molar-refractivity contribution in [1.82, 2.24) is 0 Å². The van der Waals surface area contributed by atoms with Crippen molar-refractivity contribution in [3.8, 4) is 5.75 Å². The molecule has 1 aliphatic carbocycles. The molecule has 0 spiro atoms. The third kappa shape index (κ3) is 2.67. The summed E-state index contributed by atoms with van der Waals surface area (Å²) >= 11 is 0. The molecule has 3 nitrogen and oxygen atoms in total. The molecule has 0 radical (unpaired) electrons. The largest absolute Gasteiger partial charge is 0.507 e. The Kier molecular flexibility index (Phi) is 3.28. The molecule has 1 N–H and O–H groups in total. The minimum atomic E-state index is 0.210. The fourth-order valence-electron chi connectivity index (χ4n) is 1.36. The van der Waals surface area contributed by atoms with Crippen LogP contribution in [0.15, 0.2) is 58.8 Å². The van der Waals surface area contributed by atoms with E-state index in [4.69, 9.17) is 0 Å². The highest BCUT2D eigenvalue weighted by molar-refractivity contribution is 5.83. The Morgan fingerprint density at radius 3 is 2.56 bits per heavy atom. The molecule has 3 heteroatoms. The van der Waals surface area contributed by atoms with Gasteiger partial charge in [0.15, 0.2) is 0 Å². The van der Waals surface area contributed by atoms with Crippen LogP contribution < -0.4 is 0 Å². The maximum atomic E-state index is 9.46. The molecular formula is C13H12N2O. The first kappa shape index (κ1) is 10.4. The number of nitrogens with zero attached hydrogens (tertiary/aromatic N) is 2. The van der Waals surface area contributed by atoms with Gasteiger partial charge in [0, 0.05) is 17.7 Å². The summed E-state index contributed by atoms with van der Waals surface area (Å²) in [4.78, 5) is 0. The third-order valence-corrected chi connectivity index (χ3v) is 2.22. The van der Waals surface area contributed by atoms with Crippen LogP contribution in [0.4, 0.5) is 0 Å². The summed E-state index contributed by atoms with van der Waals surface area (Å²) in [5, 5.41) is 17.3. The molecule has 80 valence electrons. The number of hydrogen-bond donors (Lipinski definition) is 1. The predicted octanol–water partition coefficient (Wildman–Crippen LogP) is 2.54. The molecule has 0 unspecified atom stereocenters. The van der Waals surface area contributed by atoms with Crippen LogP contribution in [0.1, 0.15) is 5.56 Å². The molecule has 0 aromatic heterocycles. The number of phenols is 1. The first-order chi connectivity index (χ1) is 7.86. The van der Waals surface area contributed by atoms with Crippen LogP contribution in [0.3, 0.4) is 0 Å². The number of benzene rings is 1. The number of hydrogen-bond acceptors (Lipinski definition) is 3. The van der Waals surface area contributed by atoms with Crippen LogP contribution >= 0.6 is 0 Å². The van der Waals surface area contributed by atoms with Gasteiger partial charge < -0.3 is 5.11 Å². The van der Waals surface area contributed by atoms with E-state index in [0.717, 1.165) is 0 Å². The molecule has 1 aromatic carbocycles. The summed E-state index contributed by atoms with van der Waals surface area (Å²) in [7, 11) is 0. The van der Waals surface area contributed by atoms with Crippen LogP contribution in [0, 0.1) is 5.92 Å². The van der Waals surface area contributed by atoms with Crippen molar-refractivity contribution in [2.45, 2.75) is 0 Å². The molecule has 16 heavy (non-hydrogen) atoms. The summed E-state index contributed by atoms with van der Waals surface area (Å²) in [6.07, 6.45) is 11.3. The van der Waals surface area contributed by atoms with E-state index in [1.807, 2.05) is 30.4 Å². The van der Waals surface area contributed by atoms with Crippen LogP contribution in [0.5, 0.6) is 5.75 Å². The van der Waals surface area contributed by atoms with Gasteiger partial charge in [-0.15, -0.1) is 0 Å². The zero-order chi connectivity index (χ0) is 11.2. The Hall–Kier alpha value is -2.16. The molecule has 1 aromatic rings. The van der Waals surface area contributed by atoms with Gasteiger partial charge in [0.2, 0.25) is 0 Å². The van der Waals surface area contributed by atoms with Crippen molar-refractivity contribution in [2.24, 2.45) is 16.1 Å². The topological polar surface area (TPSA) is 45.0 Å². The van der Waals surface area contributed by atoms with Crippen molar-refractivity contribution in [3.05, 3.63) is 54.1 Å². The summed E-state index contributed by atoms with van der Waals surface area (Å²) in [6, 6.07) is 7.01. The van der Waals surface area contributed by atoms with E-state index in [-0.39, 0.29) is 11.7 Å². The zero-order valence-electron chi connectivity index (χ0n) is 8.69. The van der Waals surface area contributed by atoms with Gasteiger partial charge in [-0.2, -0.15) is 10.2 Å². The lowest BCUT2D eigenvalue weighted by molar-refractivity contribution is 0.474. The van der Waals surface area contributed by atoms with Crippen molar-refractivity contribution >= 4 is 12.4 Å². The maximum Gasteiger partial charge on any atom is 0.124 e. The van der Waals surface area contributed by atoms with Gasteiger partial charge in [-0.05, 0) is 12.1 Å². The minimum absolute atomic E-state index is 0.210. The first-order valence-corrected chi connectivity index (χ1v) is 5.06. The summed E-state index contributed by atoms with van der Waals surface area (Å²) < 4.78 is 0. The SMILES string of the molecule is Oc1ccccc1/C=N/N=C/C1C=CC=C1. The van der Waals surface area contributed by atoms with Gasteiger partial charge in [0.25, 0.3) is 0 Å². The summed E-state index contributed by atoms with van der Waals surface area (Å²) in [6.45, 7) is 0. The highest BCUT2D eigenvalue weighted by atomic mass is 16.3. The molecule has 0 amide bonds. The van der Waals surface area contributed by atoms with E-state index in [1.54, 1.807) is 24.4 Å². The van der Waals surface area contributed by atoms with Gasteiger partial charge in [-0.25, -0.2) is 0 Å². The van der Waals surface area contributed by atoms with Crippen LogP contribution in [0.2, 0.25) is 0 Å². The van der Waals surface area contributed by atoms with E-state index in [2.05, 4.69) is 10.2 Å². The number of aromatic hydroxyl groups is 1. The monoisotopic (exact) mass is 212 g/mol. The molecule has 0 aliphatic heterocycles. The van der Waals surface area contributed by atoms with E-state index >= 15 is 0 Å². The van der Waals surface area contributed by atoms with Crippen molar-refractivity contribution < 1.29 is 5.11 Å². The lowest BCUT2D eigenvalue weighted by atomic mass is 10.2.